The van der Waals surface area contributed by atoms with Crippen molar-refractivity contribution in [3.05, 3.63) is 59.4 Å². The number of nitrogens with one attached hydrogen (secondary N) is 1. The van der Waals surface area contributed by atoms with Crippen LogP contribution in [0.5, 0.6) is 0 Å². The Hall–Kier alpha value is -2.29. The number of sulfonamides is 1. The highest BCUT2D eigenvalue weighted by Crippen LogP contribution is 2.19. The molecule has 0 atom stereocenters. The first-order chi connectivity index (χ1) is 13.4. The molecule has 1 saturated heterocycles. The zero-order chi connectivity index (χ0) is 20.1. The van der Waals surface area contributed by atoms with Gasteiger partial charge in [0.25, 0.3) is 0 Å². The van der Waals surface area contributed by atoms with Gasteiger partial charge in [-0.15, -0.1) is 0 Å². The lowest BCUT2D eigenvalue weighted by Crippen LogP contribution is -2.40. The summed E-state index contributed by atoms with van der Waals surface area (Å²) in [5, 5.41) is 2.57. The maximum absolute atomic E-state index is 13.7. The van der Waals surface area contributed by atoms with Crippen molar-refractivity contribution in [3.8, 4) is 0 Å². The quantitative estimate of drug-likeness (QED) is 0.800. The molecule has 1 N–H and O–H groups in total. The Morgan fingerprint density at radius 2 is 1.82 bits per heavy atom. The first-order valence-electron chi connectivity index (χ1n) is 9.09. The smallest absolute Gasteiger partial charge is 0.243 e. The number of aryl methyl sites for hydroxylation is 2. The molecule has 1 aliphatic rings. The predicted molar refractivity (Wildman–Crippen MR) is 104 cm³/mol. The minimum absolute atomic E-state index is 0.164. The Morgan fingerprint density at radius 1 is 1.14 bits per heavy atom. The molecule has 150 valence electrons. The highest BCUT2D eigenvalue weighted by Gasteiger charge is 2.26. The molecule has 0 bridgehead atoms. The molecular formula is C20H23FN2O4S. The largest absolute Gasteiger partial charge is 0.379 e. The number of ether oxygens (including phenoxy) is 1. The summed E-state index contributed by atoms with van der Waals surface area (Å²) in [6.07, 6.45) is 0.597. The Bertz CT molecular complexity index is 939. The molecule has 1 amide bonds. The van der Waals surface area contributed by atoms with Crippen molar-refractivity contribution in [3.63, 3.8) is 0 Å². The van der Waals surface area contributed by atoms with Gasteiger partial charge in [0.05, 0.1) is 23.8 Å². The molecule has 2 aromatic rings. The van der Waals surface area contributed by atoms with Crippen LogP contribution in [0, 0.1) is 12.7 Å². The van der Waals surface area contributed by atoms with E-state index in [1.54, 1.807) is 36.4 Å². The lowest BCUT2D eigenvalue weighted by atomic mass is 10.1. The number of rotatable bonds is 6. The van der Waals surface area contributed by atoms with Crippen molar-refractivity contribution in [1.82, 2.24) is 4.31 Å². The van der Waals surface area contributed by atoms with Crippen molar-refractivity contribution < 1.29 is 22.3 Å². The van der Waals surface area contributed by atoms with E-state index < -0.39 is 15.8 Å². The second kappa shape index (κ2) is 8.81. The first-order valence-corrected chi connectivity index (χ1v) is 10.5. The molecule has 28 heavy (non-hydrogen) atoms. The van der Waals surface area contributed by atoms with Crippen molar-refractivity contribution in [2.45, 2.75) is 24.7 Å². The third kappa shape index (κ3) is 4.95. The molecule has 0 unspecified atom stereocenters. The van der Waals surface area contributed by atoms with E-state index in [1.807, 2.05) is 6.92 Å². The van der Waals surface area contributed by atoms with E-state index in [1.165, 1.54) is 10.4 Å². The van der Waals surface area contributed by atoms with Gasteiger partial charge >= 0.3 is 0 Å². The summed E-state index contributed by atoms with van der Waals surface area (Å²) in [5.74, 6) is -0.772. The maximum Gasteiger partial charge on any atom is 0.243 e. The number of benzene rings is 2. The molecule has 8 heteroatoms. The van der Waals surface area contributed by atoms with Crippen molar-refractivity contribution in [2.75, 3.05) is 31.6 Å². The molecule has 1 aliphatic heterocycles. The van der Waals surface area contributed by atoms with Crippen LogP contribution in [0.1, 0.15) is 17.5 Å². The van der Waals surface area contributed by atoms with Gasteiger partial charge < -0.3 is 10.1 Å². The van der Waals surface area contributed by atoms with E-state index in [4.69, 9.17) is 4.74 Å². The Balaban J connectivity index is 1.58. The normalized spacial score (nSPS) is 15.4. The van der Waals surface area contributed by atoms with E-state index in [-0.39, 0.29) is 22.9 Å². The number of hydrogen-bond donors (Lipinski definition) is 1. The van der Waals surface area contributed by atoms with E-state index in [9.17, 15) is 17.6 Å². The standard InChI is InChI=1S/C20H23FN2O4S/c1-15-2-8-18(21)19(14-15)22-20(24)9-5-16-3-6-17(7-4-16)28(25,26)23-10-12-27-13-11-23/h2-4,6-8,14H,5,9-13H2,1H3,(H,22,24). The van der Waals surface area contributed by atoms with Crippen molar-refractivity contribution in [1.29, 1.82) is 0 Å². The third-order valence-electron chi connectivity index (χ3n) is 4.57. The molecule has 0 spiro atoms. The van der Waals surface area contributed by atoms with E-state index in [2.05, 4.69) is 5.32 Å². The number of carbonyl (C=O) groups excluding carboxylic acids is 1. The summed E-state index contributed by atoms with van der Waals surface area (Å²) in [6, 6.07) is 11.0. The molecule has 3 rings (SSSR count). The summed E-state index contributed by atoms with van der Waals surface area (Å²) in [4.78, 5) is 12.3. The topological polar surface area (TPSA) is 75.7 Å². The van der Waals surface area contributed by atoms with Crippen LogP contribution < -0.4 is 5.32 Å². The van der Waals surface area contributed by atoms with Gasteiger partial charge in [0.2, 0.25) is 15.9 Å². The Labute approximate surface area is 164 Å². The van der Waals surface area contributed by atoms with Gasteiger partial charge in [-0.2, -0.15) is 4.31 Å². The molecule has 0 aromatic heterocycles. The lowest BCUT2D eigenvalue weighted by molar-refractivity contribution is -0.116. The monoisotopic (exact) mass is 406 g/mol. The number of nitrogens with zero attached hydrogens (tertiary/aromatic N) is 1. The van der Waals surface area contributed by atoms with Crippen LogP contribution in [-0.4, -0.2) is 44.9 Å². The van der Waals surface area contributed by atoms with E-state index in [0.29, 0.717) is 32.7 Å². The number of anilines is 1. The second-order valence-electron chi connectivity index (χ2n) is 6.69. The van der Waals surface area contributed by atoms with Gasteiger partial charge in [0.15, 0.2) is 0 Å². The van der Waals surface area contributed by atoms with Crippen LogP contribution in [-0.2, 0) is 26.0 Å². The average molecular weight is 406 g/mol. The minimum atomic E-state index is -3.53. The highest BCUT2D eigenvalue weighted by molar-refractivity contribution is 7.89. The van der Waals surface area contributed by atoms with Crippen LogP contribution >= 0.6 is 0 Å². The van der Waals surface area contributed by atoms with Crippen LogP contribution in [0.2, 0.25) is 0 Å². The molecule has 1 fully saturated rings. The van der Waals surface area contributed by atoms with Crippen LogP contribution in [0.15, 0.2) is 47.4 Å². The summed E-state index contributed by atoms with van der Waals surface area (Å²) in [7, 11) is -3.53. The Kier molecular flexibility index (Phi) is 6.43. The number of amides is 1. The van der Waals surface area contributed by atoms with E-state index in [0.717, 1.165) is 11.1 Å². The van der Waals surface area contributed by atoms with Crippen LogP contribution in [0.25, 0.3) is 0 Å². The summed E-state index contributed by atoms with van der Waals surface area (Å²) >= 11 is 0. The molecule has 6 nitrogen and oxygen atoms in total. The van der Waals surface area contributed by atoms with Gasteiger partial charge in [-0.1, -0.05) is 18.2 Å². The Morgan fingerprint density at radius 3 is 2.50 bits per heavy atom. The predicted octanol–water partition coefficient (Wildman–Crippen LogP) is 2.73. The SMILES string of the molecule is Cc1ccc(F)c(NC(=O)CCc2ccc(S(=O)(=O)N3CCOCC3)cc2)c1. The first kappa shape index (κ1) is 20.4. The summed E-state index contributed by atoms with van der Waals surface area (Å²) < 4.78 is 45.5. The average Bonchev–Trinajstić information content (AvgIpc) is 2.70. The number of halogens is 1. The molecule has 2 aromatic carbocycles. The van der Waals surface area contributed by atoms with Crippen molar-refractivity contribution in [2.24, 2.45) is 0 Å². The van der Waals surface area contributed by atoms with Crippen LogP contribution in [0.3, 0.4) is 0 Å². The maximum atomic E-state index is 13.7. The van der Waals surface area contributed by atoms with Gasteiger partial charge in [-0.05, 0) is 48.7 Å². The molecule has 1 heterocycles. The van der Waals surface area contributed by atoms with Gasteiger partial charge in [-0.25, -0.2) is 12.8 Å². The zero-order valence-electron chi connectivity index (χ0n) is 15.7. The summed E-state index contributed by atoms with van der Waals surface area (Å²) in [5.41, 5.74) is 1.85. The number of carbonyl (C=O) groups is 1. The molecule has 0 aliphatic carbocycles. The van der Waals surface area contributed by atoms with Crippen LogP contribution in [0.4, 0.5) is 10.1 Å². The van der Waals surface area contributed by atoms with Gasteiger partial charge in [-0.3, -0.25) is 4.79 Å². The number of morpholine rings is 1. The molecular weight excluding hydrogens is 383 g/mol. The lowest BCUT2D eigenvalue weighted by Gasteiger charge is -2.26. The molecule has 0 saturated carbocycles. The highest BCUT2D eigenvalue weighted by atomic mass is 32.2. The fraction of sp³-hybridized carbons (Fsp3) is 0.350. The van der Waals surface area contributed by atoms with Gasteiger partial charge in [0, 0.05) is 19.5 Å². The number of hydrogen-bond acceptors (Lipinski definition) is 4. The minimum Gasteiger partial charge on any atom is -0.379 e. The molecule has 0 radical (unpaired) electrons. The van der Waals surface area contributed by atoms with Crippen molar-refractivity contribution >= 4 is 21.6 Å². The zero-order valence-corrected chi connectivity index (χ0v) is 16.5. The summed E-state index contributed by atoms with van der Waals surface area (Å²) in [6.45, 7) is 3.31. The fourth-order valence-electron chi connectivity index (χ4n) is 2.97. The fourth-order valence-corrected chi connectivity index (χ4v) is 4.38. The van der Waals surface area contributed by atoms with Gasteiger partial charge in [0.1, 0.15) is 5.82 Å². The second-order valence-corrected chi connectivity index (χ2v) is 8.63. The van der Waals surface area contributed by atoms with E-state index >= 15 is 0 Å². The third-order valence-corrected chi connectivity index (χ3v) is 6.48.